The molecule has 7 nitrogen and oxygen atoms in total. The van der Waals surface area contributed by atoms with Crippen LogP contribution in [0.1, 0.15) is 11.3 Å². The van der Waals surface area contributed by atoms with Crippen molar-refractivity contribution in [1.29, 1.82) is 0 Å². The van der Waals surface area contributed by atoms with Crippen LogP contribution in [0.2, 0.25) is 0 Å². The smallest absolute Gasteiger partial charge is 0.0985 e. The third-order valence-corrected chi connectivity index (χ3v) is 7.95. The highest BCUT2D eigenvalue weighted by Gasteiger charge is 2.23. The maximum atomic E-state index is 5.02. The van der Waals surface area contributed by atoms with E-state index in [4.69, 9.17) is 15.0 Å². The second-order valence-corrected chi connectivity index (χ2v) is 10.3. The fourth-order valence-corrected chi connectivity index (χ4v) is 6.01. The van der Waals surface area contributed by atoms with Crippen LogP contribution in [0.25, 0.3) is 79.1 Å². The lowest BCUT2D eigenvalue weighted by atomic mass is 10.1. The lowest BCUT2D eigenvalue weighted by Gasteiger charge is -2.13. The molecule has 0 aliphatic rings. The summed E-state index contributed by atoms with van der Waals surface area (Å²) in [4.78, 5) is 23.6. The molecule has 0 aliphatic heterocycles. The van der Waals surface area contributed by atoms with Gasteiger partial charge in [-0.3, -0.25) is 24.9 Å². The van der Waals surface area contributed by atoms with Crippen LogP contribution >= 0.6 is 0 Å². The SMILES string of the molecule is C=Cc1c(C=C)n(-c2ccc(-c3ccccn3)nc2)c2c1cnc1c3ccccc3n(-c3ccc(-c4ccccn4)nc3)c12. The van der Waals surface area contributed by atoms with E-state index in [2.05, 4.69) is 56.5 Å². The number of hydrogen-bond acceptors (Lipinski definition) is 5. The predicted octanol–water partition coefficient (Wildman–Crippen LogP) is 8.32. The standard InChI is InChI=1S/C37H25N7/c1-3-26-28-23-42-35-27-11-5-6-14-34(27)44(25-16-18-32(41-22-25)30-13-8-10-20-39-30)37(35)36(28)43(33(26)4-2)24-15-17-31(40-21-24)29-12-7-9-19-38-29/h3-23H,1-2H2. The summed E-state index contributed by atoms with van der Waals surface area (Å²) in [6.07, 6.45) is 13.0. The molecule has 44 heavy (non-hydrogen) atoms. The Balaban J connectivity index is 1.44. The second kappa shape index (κ2) is 10.3. The van der Waals surface area contributed by atoms with E-state index in [0.717, 1.165) is 78.2 Å². The van der Waals surface area contributed by atoms with E-state index in [1.165, 1.54) is 0 Å². The normalized spacial score (nSPS) is 11.4. The molecule has 7 heterocycles. The quantitative estimate of drug-likeness (QED) is 0.202. The molecule has 0 spiro atoms. The third-order valence-electron chi connectivity index (χ3n) is 7.95. The molecular weight excluding hydrogens is 542 g/mol. The maximum Gasteiger partial charge on any atom is 0.0985 e. The molecule has 0 radical (unpaired) electrons. The van der Waals surface area contributed by atoms with Crippen molar-refractivity contribution in [3.8, 4) is 34.2 Å². The van der Waals surface area contributed by atoms with Gasteiger partial charge in [-0.05, 0) is 60.7 Å². The summed E-state index contributed by atoms with van der Waals surface area (Å²) in [5.74, 6) is 0. The van der Waals surface area contributed by atoms with Gasteiger partial charge in [0, 0.05) is 34.9 Å². The highest BCUT2D eigenvalue weighted by molar-refractivity contribution is 6.17. The maximum absolute atomic E-state index is 5.02. The molecule has 1 aromatic carbocycles. The van der Waals surface area contributed by atoms with Gasteiger partial charge in [-0.15, -0.1) is 0 Å². The van der Waals surface area contributed by atoms with Crippen LogP contribution < -0.4 is 0 Å². The van der Waals surface area contributed by atoms with Gasteiger partial charge in [-0.25, -0.2) is 0 Å². The summed E-state index contributed by atoms with van der Waals surface area (Å²) in [6.45, 7) is 8.34. The molecular formula is C37H25N7. The number of pyridine rings is 5. The minimum atomic E-state index is 0.801. The van der Waals surface area contributed by atoms with Crippen molar-refractivity contribution in [1.82, 2.24) is 34.1 Å². The summed E-state index contributed by atoms with van der Waals surface area (Å²) in [5.41, 5.74) is 10.8. The topological polar surface area (TPSA) is 74.3 Å². The molecule has 0 unspecified atom stereocenters. The summed E-state index contributed by atoms with van der Waals surface area (Å²) in [6, 6.07) is 28.1. The van der Waals surface area contributed by atoms with Crippen molar-refractivity contribution in [2.24, 2.45) is 0 Å². The zero-order valence-electron chi connectivity index (χ0n) is 23.7. The highest BCUT2D eigenvalue weighted by Crippen LogP contribution is 2.40. The summed E-state index contributed by atoms with van der Waals surface area (Å²) < 4.78 is 4.44. The van der Waals surface area contributed by atoms with Gasteiger partial charge in [0.2, 0.25) is 0 Å². The van der Waals surface area contributed by atoms with Crippen molar-refractivity contribution in [3.05, 3.63) is 140 Å². The van der Waals surface area contributed by atoms with E-state index in [1.807, 2.05) is 91.4 Å². The Bertz CT molecular complexity index is 2330. The van der Waals surface area contributed by atoms with Gasteiger partial charge in [-0.2, -0.15) is 0 Å². The summed E-state index contributed by atoms with van der Waals surface area (Å²) in [5, 5.41) is 2.02. The molecule has 0 fully saturated rings. The van der Waals surface area contributed by atoms with Crippen LogP contribution in [0.3, 0.4) is 0 Å². The molecule has 0 bridgehead atoms. The first-order chi connectivity index (χ1) is 21.8. The predicted molar refractivity (Wildman–Crippen MR) is 178 cm³/mol. The van der Waals surface area contributed by atoms with Gasteiger partial charge in [0.05, 0.1) is 74.3 Å². The number of aromatic nitrogens is 7. The van der Waals surface area contributed by atoms with E-state index in [9.17, 15) is 0 Å². The summed E-state index contributed by atoms with van der Waals surface area (Å²) in [7, 11) is 0. The first-order valence-electron chi connectivity index (χ1n) is 14.2. The van der Waals surface area contributed by atoms with Gasteiger partial charge >= 0.3 is 0 Å². The fraction of sp³-hybridized carbons (Fsp3) is 0. The third kappa shape index (κ3) is 3.87. The molecule has 8 aromatic rings. The van der Waals surface area contributed by atoms with Gasteiger partial charge < -0.3 is 9.13 Å². The Hall–Kier alpha value is -6.21. The van der Waals surface area contributed by atoms with Crippen LogP contribution in [0.15, 0.2) is 129 Å². The number of rotatable bonds is 6. The molecule has 0 aliphatic carbocycles. The minimum absolute atomic E-state index is 0.801. The molecule has 0 N–H and O–H groups in total. The Kier molecular flexibility index (Phi) is 5.94. The van der Waals surface area contributed by atoms with Crippen molar-refractivity contribution in [2.75, 3.05) is 0 Å². The molecule has 0 amide bonds. The molecule has 7 heteroatoms. The molecule has 8 rings (SSSR count). The number of nitrogens with zero attached hydrogens (tertiary/aromatic N) is 7. The molecule has 7 aromatic heterocycles. The zero-order chi connectivity index (χ0) is 29.6. The van der Waals surface area contributed by atoms with Crippen molar-refractivity contribution >= 4 is 45.0 Å². The van der Waals surface area contributed by atoms with Crippen molar-refractivity contribution in [2.45, 2.75) is 0 Å². The molecule has 0 saturated carbocycles. The van der Waals surface area contributed by atoms with E-state index in [0.29, 0.717) is 0 Å². The second-order valence-electron chi connectivity index (χ2n) is 10.3. The van der Waals surface area contributed by atoms with Gasteiger partial charge in [0.1, 0.15) is 0 Å². The van der Waals surface area contributed by atoms with Crippen LogP contribution in [-0.4, -0.2) is 34.1 Å². The lowest BCUT2D eigenvalue weighted by Crippen LogP contribution is -2.02. The number of benzene rings is 1. The monoisotopic (exact) mass is 567 g/mol. The van der Waals surface area contributed by atoms with Crippen LogP contribution in [0, 0.1) is 0 Å². The van der Waals surface area contributed by atoms with Gasteiger partial charge in [0.15, 0.2) is 0 Å². The van der Waals surface area contributed by atoms with Crippen molar-refractivity contribution in [3.63, 3.8) is 0 Å². The van der Waals surface area contributed by atoms with Gasteiger partial charge in [0.25, 0.3) is 0 Å². The van der Waals surface area contributed by atoms with E-state index < -0.39 is 0 Å². The highest BCUT2D eigenvalue weighted by atomic mass is 15.1. The number of para-hydroxylation sites is 1. The van der Waals surface area contributed by atoms with E-state index in [-0.39, 0.29) is 0 Å². The Morgan fingerprint density at radius 1 is 0.500 bits per heavy atom. The Morgan fingerprint density at radius 2 is 1.11 bits per heavy atom. The fourth-order valence-electron chi connectivity index (χ4n) is 6.01. The molecule has 208 valence electrons. The molecule has 0 atom stereocenters. The minimum Gasteiger partial charge on any atom is -0.306 e. The van der Waals surface area contributed by atoms with E-state index in [1.54, 1.807) is 12.4 Å². The first kappa shape index (κ1) is 25.5. The lowest BCUT2D eigenvalue weighted by molar-refractivity contribution is 1.07. The average Bonchev–Trinajstić information content (AvgIpc) is 3.61. The van der Waals surface area contributed by atoms with E-state index >= 15 is 0 Å². The number of fused-ring (bicyclic) bond motifs is 5. The van der Waals surface area contributed by atoms with Gasteiger partial charge in [-0.1, -0.05) is 49.6 Å². The van der Waals surface area contributed by atoms with Crippen LogP contribution in [-0.2, 0) is 0 Å². The Labute approximate surface area is 253 Å². The summed E-state index contributed by atoms with van der Waals surface area (Å²) >= 11 is 0. The van der Waals surface area contributed by atoms with Crippen LogP contribution in [0.4, 0.5) is 0 Å². The first-order valence-corrected chi connectivity index (χ1v) is 14.2. The van der Waals surface area contributed by atoms with Crippen LogP contribution in [0.5, 0.6) is 0 Å². The molecule has 0 saturated heterocycles. The largest absolute Gasteiger partial charge is 0.306 e. The average molecular weight is 568 g/mol. The zero-order valence-corrected chi connectivity index (χ0v) is 23.7. The van der Waals surface area contributed by atoms with Crippen molar-refractivity contribution < 1.29 is 0 Å². The number of hydrogen-bond donors (Lipinski definition) is 0. The Morgan fingerprint density at radius 3 is 1.68 bits per heavy atom.